The molecule has 6 heteroatoms. The Kier molecular flexibility index (Phi) is 5.76. The van der Waals surface area contributed by atoms with Gasteiger partial charge in [-0.1, -0.05) is 12.1 Å². The van der Waals surface area contributed by atoms with Gasteiger partial charge < -0.3 is 10.2 Å². The average molecular weight is 371 g/mol. The van der Waals surface area contributed by atoms with Gasteiger partial charge in [0, 0.05) is 18.5 Å². The predicted molar refractivity (Wildman–Crippen MR) is 87.0 cm³/mol. The third kappa shape index (κ3) is 5.13. The molecule has 1 aromatic heterocycles. The number of benzene rings is 1. The second kappa shape index (κ2) is 7.56. The van der Waals surface area contributed by atoms with Crippen LogP contribution in [0.4, 0.5) is 9.18 Å². The van der Waals surface area contributed by atoms with Crippen molar-refractivity contribution in [3.05, 3.63) is 56.4 Å². The lowest BCUT2D eigenvalue weighted by atomic mass is 10.1. The minimum atomic E-state index is -0.246. The molecule has 0 fully saturated rings. The molecular formula is C15H16BrFN2OS. The van der Waals surface area contributed by atoms with Crippen molar-refractivity contribution in [1.82, 2.24) is 10.2 Å². The highest BCUT2D eigenvalue weighted by Gasteiger charge is 2.09. The highest BCUT2D eigenvalue weighted by atomic mass is 79.9. The first-order chi connectivity index (χ1) is 10.0. The predicted octanol–water partition coefficient (Wildman–Crippen LogP) is 4.03. The first-order valence-electron chi connectivity index (χ1n) is 6.52. The molecule has 0 radical (unpaired) electrons. The van der Waals surface area contributed by atoms with E-state index in [9.17, 15) is 9.18 Å². The van der Waals surface area contributed by atoms with Crippen LogP contribution in [0.2, 0.25) is 0 Å². The molecule has 2 rings (SSSR count). The Hall–Kier alpha value is -1.40. The normalized spacial score (nSPS) is 10.4. The van der Waals surface area contributed by atoms with Crippen LogP contribution >= 0.6 is 27.3 Å². The van der Waals surface area contributed by atoms with Crippen molar-refractivity contribution in [2.45, 2.75) is 13.0 Å². The van der Waals surface area contributed by atoms with Crippen molar-refractivity contribution in [2.75, 3.05) is 13.6 Å². The van der Waals surface area contributed by atoms with Crippen molar-refractivity contribution in [2.24, 2.45) is 0 Å². The molecule has 0 saturated heterocycles. The molecule has 0 unspecified atom stereocenters. The molecule has 0 bridgehead atoms. The first-order valence-corrected chi connectivity index (χ1v) is 8.13. The van der Waals surface area contributed by atoms with Gasteiger partial charge in [0.25, 0.3) is 0 Å². The SMILES string of the molecule is CN(Cc1ccc(Br)s1)C(=O)NCCc1ccc(F)cc1. The fraction of sp³-hybridized carbons (Fsp3) is 0.267. The molecule has 112 valence electrons. The van der Waals surface area contributed by atoms with Gasteiger partial charge in [0.05, 0.1) is 10.3 Å². The molecule has 1 aromatic carbocycles. The largest absolute Gasteiger partial charge is 0.338 e. The van der Waals surface area contributed by atoms with Crippen LogP contribution in [0.15, 0.2) is 40.2 Å². The van der Waals surface area contributed by atoms with Crippen LogP contribution in [0.1, 0.15) is 10.4 Å². The second-order valence-electron chi connectivity index (χ2n) is 4.67. The number of carbonyl (C=O) groups is 1. The quantitative estimate of drug-likeness (QED) is 0.846. The third-order valence-corrected chi connectivity index (χ3v) is 4.58. The summed E-state index contributed by atoms with van der Waals surface area (Å²) < 4.78 is 13.8. The van der Waals surface area contributed by atoms with Gasteiger partial charge in [-0.25, -0.2) is 9.18 Å². The highest BCUT2D eigenvalue weighted by molar-refractivity contribution is 9.11. The minimum absolute atomic E-state index is 0.110. The molecule has 0 aliphatic carbocycles. The number of urea groups is 1. The molecule has 0 atom stereocenters. The van der Waals surface area contributed by atoms with E-state index < -0.39 is 0 Å². The summed E-state index contributed by atoms with van der Waals surface area (Å²) in [6.45, 7) is 1.11. The molecule has 0 aliphatic heterocycles. The maximum Gasteiger partial charge on any atom is 0.317 e. The van der Waals surface area contributed by atoms with Crippen molar-refractivity contribution >= 4 is 33.3 Å². The second-order valence-corrected chi connectivity index (χ2v) is 7.22. The third-order valence-electron chi connectivity index (χ3n) is 2.97. The number of carbonyl (C=O) groups excluding carboxylic acids is 1. The number of nitrogens with zero attached hydrogens (tertiary/aromatic N) is 1. The zero-order valence-corrected chi connectivity index (χ0v) is 14.0. The van der Waals surface area contributed by atoms with E-state index in [1.54, 1.807) is 35.4 Å². The summed E-state index contributed by atoms with van der Waals surface area (Å²) in [6.07, 6.45) is 0.685. The van der Waals surface area contributed by atoms with Crippen LogP contribution in [0.25, 0.3) is 0 Å². The van der Waals surface area contributed by atoms with Crippen molar-refractivity contribution < 1.29 is 9.18 Å². The van der Waals surface area contributed by atoms with E-state index in [1.165, 1.54) is 12.1 Å². The van der Waals surface area contributed by atoms with Gasteiger partial charge in [-0.2, -0.15) is 0 Å². The lowest BCUT2D eigenvalue weighted by Gasteiger charge is -2.17. The van der Waals surface area contributed by atoms with Gasteiger partial charge in [-0.15, -0.1) is 11.3 Å². The molecule has 1 N–H and O–H groups in total. The van der Waals surface area contributed by atoms with E-state index in [0.29, 0.717) is 19.5 Å². The maximum absolute atomic E-state index is 12.8. The lowest BCUT2D eigenvalue weighted by molar-refractivity contribution is 0.207. The van der Waals surface area contributed by atoms with Crippen molar-refractivity contribution in [1.29, 1.82) is 0 Å². The Balaban J connectivity index is 1.74. The number of thiophene rings is 1. The molecule has 3 nitrogen and oxygen atoms in total. The maximum atomic E-state index is 12.8. The number of rotatable bonds is 5. The zero-order chi connectivity index (χ0) is 15.2. The van der Waals surface area contributed by atoms with E-state index in [2.05, 4.69) is 21.2 Å². The Morgan fingerprint density at radius 2 is 2.00 bits per heavy atom. The summed E-state index contributed by atoms with van der Waals surface area (Å²) in [5, 5.41) is 2.86. The van der Waals surface area contributed by atoms with E-state index in [-0.39, 0.29) is 11.8 Å². The summed E-state index contributed by atoms with van der Waals surface area (Å²) in [4.78, 5) is 14.7. The van der Waals surface area contributed by atoms with Gasteiger partial charge in [-0.3, -0.25) is 0 Å². The fourth-order valence-corrected chi connectivity index (χ4v) is 3.38. The van der Waals surface area contributed by atoms with E-state index >= 15 is 0 Å². The fourth-order valence-electron chi connectivity index (χ4n) is 1.84. The molecule has 2 aromatic rings. The van der Waals surface area contributed by atoms with Crippen LogP contribution in [-0.4, -0.2) is 24.5 Å². The van der Waals surface area contributed by atoms with Crippen LogP contribution in [-0.2, 0) is 13.0 Å². The molecular weight excluding hydrogens is 355 g/mol. The molecule has 0 saturated carbocycles. The molecule has 21 heavy (non-hydrogen) atoms. The molecule has 0 spiro atoms. The summed E-state index contributed by atoms with van der Waals surface area (Å²) in [5.41, 5.74) is 1.00. The monoisotopic (exact) mass is 370 g/mol. The summed E-state index contributed by atoms with van der Waals surface area (Å²) in [5.74, 6) is -0.246. The molecule has 0 aliphatic rings. The van der Waals surface area contributed by atoms with Crippen LogP contribution in [0, 0.1) is 5.82 Å². The standard InChI is InChI=1S/C15H16BrFN2OS/c1-19(10-13-6-7-14(16)21-13)15(20)18-9-8-11-2-4-12(17)5-3-11/h2-7H,8-10H2,1H3,(H,18,20). The first kappa shape index (κ1) is 16.0. The van der Waals surface area contributed by atoms with Crippen LogP contribution in [0.3, 0.4) is 0 Å². The number of hydrogen-bond donors (Lipinski definition) is 1. The average Bonchev–Trinajstić information content (AvgIpc) is 2.86. The number of hydrogen-bond acceptors (Lipinski definition) is 2. The summed E-state index contributed by atoms with van der Waals surface area (Å²) in [6, 6.07) is 10.2. The van der Waals surface area contributed by atoms with Gasteiger partial charge in [0.1, 0.15) is 5.82 Å². The number of amides is 2. The molecule has 1 heterocycles. The van der Waals surface area contributed by atoms with Gasteiger partial charge in [0.2, 0.25) is 0 Å². The van der Waals surface area contributed by atoms with Crippen LogP contribution in [0.5, 0.6) is 0 Å². The van der Waals surface area contributed by atoms with E-state index in [1.807, 2.05) is 12.1 Å². The van der Waals surface area contributed by atoms with Gasteiger partial charge in [-0.05, 0) is 52.2 Å². The highest BCUT2D eigenvalue weighted by Crippen LogP contribution is 2.22. The number of nitrogens with one attached hydrogen (secondary N) is 1. The van der Waals surface area contributed by atoms with Crippen LogP contribution < -0.4 is 5.32 Å². The van der Waals surface area contributed by atoms with E-state index in [0.717, 1.165) is 14.2 Å². The molecule has 2 amide bonds. The minimum Gasteiger partial charge on any atom is -0.338 e. The Morgan fingerprint density at radius 3 is 2.62 bits per heavy atom. The zero-order valence-electron chi connectivity index (χ0n) is 11.6. The van der Waals surface area contributed by atoms with Crippen molar-refractivity contribution in [3.63, 3.8) is 0 Å². The Labute approximate surface area is 135 Å². The summed E-state index contributed by atoms with van der Waals surface area (Å²) in [7, 11) is 1.76. The van der Waals surface area contributed by atoms with E-state index in [4.69, 9.17) is 0 Å². The lowest BCUT2D eigenvalue weighted by Crippen LogP contribution is -2.37. The summed E-state index contributed by atoms with van der Waals surface area (Å²) >= 11 is 5.02. The van der Waals surface area contributed by atoms with Gasteiger partial charge in [0.15, 0.2) is 0 Å². The topological polar surface area (TPSA) is 32.3 Å². The van der Waals surface area contributed by atoms with Crippen molar-refractivity contribution in [3.8, 4) is 0 Å². The Morgan fingerprint density at radius 1 is 1.29 bits per heavy atom. The number of halogens is 2. The van der Waals surface area contributed by atoms with Gasteiger partial charge >= 0.3 is 6.03 Å². The smallest absolute Gasteiger partial charge is 0.317 e. The Bertz CT molecular complexity index is 600.